The van der Waals surface area contributed by atoms with Crippen LogP contribution in [-0.4, -0.2) is 5.75 Å². The smallest absolute Gasteiger partial charge is 0.0495 e. The monoisotopic (exact) mass is 132 g/mol. The van der Waals surface area contributed by atoms with Crippen LogP contribution >= 0.6 is 12.1 Å². The van der Waals surface area contributed by atoms with Crippen molar-refractivity contribution in [1.29, 1.82) is 0 Å². The maximum atomic E-state index is 11.4. The molecule has 8 heavy (non-hydrogen) atoms. The van der Waals surface area contributed by atoms with Gasteiger partial charge in [0.15, 0.2) is 0 Å². The molecule has 0 atom stereocenters. The van der Waals surface area contributed by atoms with Crippen LogP contribution in [0, 0.1) is 0 Å². The van der Waals surface area contributed by atoms with Crippen molar-refractivity contribution in [3.8, 4) is 0 Å². The first-order valence-electron chi connectivity index (χ1n) is 2.35. The molecule has 0 radical (unpaired) electrons. The van der Waals surface area contributed by atoms with Crippen molar-refractivity contribution in [3.05, 3.63) is 24.3 Å². The predicted molar refractivity (Wildman–Crippen MR) is 37.5 cm³/mol. The Balaban J connectivity index is 3.33. The number of allylic oxidation sites excluding steroid dienone is 2. The molecule has 0 aliphatic carbocycles. The molecule has 0 aromatic carbocycles. The third-order valence-electron chi connectivity index (χ3n) is 0.642. The molecule has 0 saturated carbocycles. The van der Waals surface area contributed by atoms with Crippen LogP contribution in [0.5, 0.6) is 0 Å². The third-order valence-corrected chi connectivity index (χ3v) is 1.12. The third kappa shape index (κ3) is 3.93. The Labute approximate surface area is 53.8 Å². The largest absolute Gasteiger partial charge is 0.165 e. The van der Waals surface area contributed by atoms with Gasteiger partial charge in [-0.05, 0) is 12.5 Å². The second-order valence-electron chi connectivity index (χ2n) is 1.41. The van der Waals surface area contributed by atoms with Crippen molar-refractivity contribution >= 4 is 12.1 Å². The molecule has 0 nitrogen and oxygen atoms in total. The molecule has 0 bridgehead atoms. The average molecular weight is 132 g/mol. The highest BCUT2D eigenvalue weighted by Gasteiger charge is 1.85. The van der Waals surface area contributed by atoms with Crippen molar-refractivity contribution < 1.29 is 3.89 Å². The van der Waals surface area contributed by atoms with Gasteiger partial charge in [0, 0.05) is 17.9 Å². The van der Waals surface area contributed by atoms with E-state index >= 15 is 0 Å². The van der Waals surface area contributed by atoms with Crippen molar-refractivity contribution in [2.75, 3.05) is 5.75 Å². The van der Waals surface area contributed by atoms with Gasteiger partial charge in [0.2, 0.25) is 0 Å². The van der Waals surface area contributed by atoms with Crippen LogP contribution in [0.3, 0.4) is 0 Å². The minimum absolute atomic E-state index is 0.299. The van der Waals surface area contributed by atoms with E-state index in [-0.39, 0.29) is 0 Å². The van der Waals surface area contributed by atoms with E-state index in [4.69, 9.17) is 0 Å². The normalized spacial score (nSPS) is 10.2. The minimum Gasteiger partial charge on any atom is -0.165 e. The van der Waals surface area contributed by atoms with E-state index in [0.717, 1.165) is 5.57 Å². The van der Waals surface area contributed by atoms with Gasteiger partial charge in [-0.3, -0.25) is 0 Å². The molecule has 0 N–H and O–H groups in total. The highest BCUT2D eigenvalue weighted by atomic mass is 32.2. The summed E-state index contributed by atoms with van der Waals surface area (Å²) in [6, 6.07) is 0. The van der Waals surface area contributed by atoms with Gasteiger partial charge in [-0.2, -0.15) is 3.89 Å². The van der Waals surface area contributed by atoms with E-state index in [2.05, 4.69) is 6.58 Å². The number of rotatable bonds is 3. The lowest BCUT2D eigenvalue weighted by molar-refractivity contribution is 0.938. The predicted octanol–water partition coefficient (Wildman–Crippen LogP) is 2.74. The first-order valence-corrected chi connectivity index (χ1v) is 3.24. The second-order valence-corrected chi connectivity index (χ2v) is 1.92. The van der Waals surface area contributed by atoms with Crippen LogP contribution in [0.1, 0.15) is 6.92 Å². The van der Waals surface area contributed by atoms with Gasteiger partial charge in [-0.15, -0.1) is 0 Å². The molecule has 2 heteroatoms. The average Bonchev–Trinajstić information content (AvgIpc) is 1.68. The fourth-order valence-electron chi connectivity index (χ4n) is 0.354. The number of hydrogen-bond donors (Lipinski definition) is 0. The minimum atomic E-state index is 0.299. The van der Waals surface area contributed by atoms with Crippen molar-refractivity contribution in [2.45, 2.75) is 6.92 Å². The van der Waals surface area contributed by atoms with E-state index in [0.29, 0.717) is 17.9 Å². The summed E-state index contributed by atoms with van der Waals surface area (Å²) >= 11 is 0.299. The van der Waals surface area contributed by atoms with Gasteiger partial charge in [-0.1, -0.05) is 18.7 Å². The van der Waals surface area contributed by atoms with E-state index in [9.17, 15) is 3.89 Å². The van der Waals surface area contributed by atoms with E-state index in [1.54, 1.807) is 6.08 Å². The van der Waals surface area contributed by atoms with Crippen molar-refractivity contribution in [2.24, 2.45) is 0 Å². The SMILES string of the molecule is C=C(/C=C\C)CSF. The lowest BCUT2D eigenvalue weighted by atomic mass is 10.3. The topological polar surface area (TPSA) is 0 Å². The summed E-state index contributed by atoms with van der Waals surface area (Å²) in [6.07, 6.45) is 3.64. The van der Waals surface area contributed by atoms with E-state index < -0.39 is 0 Å². The van der Waals surface area contributed by atoms with Gasteiger partial charge in [0.1, 0.15) is 0 Å². The Hall–Kier alpha value is -0.240. The van der Waals surface area contributed by atoms with Gasteiger partial charge in [-0.25, -0.2) is 0 Å². The zero-order chi connectivity index (χ0) is 6.41. The molecule has 0 fully saturated rings. The summed E-state index contributed by atoms with van der Waals surface area (Å²) in [6.45, 7) is 5.47. The lowest BCUT2D eigenvalue weighted by Crippen LogP contribution is -1.74. The summed E-state index contributed by atoms with van der Waals surface area (Å²) in [5.41, 5.74) is 0.819. The zero-order valence-electron chi connectivity index (χ0n) is 4.86. The van der Waals surface area contributed by atoms with Crippen LogP contribution in [0.2, 0.25) is 0 Å². The second kappa shape index (κ2) is 4.91. The number of halogens is 1. The molecule has 0 aromatic heterocycles. The fourth-order valence-corrected chi connectivity index (χ4v) is 0.590. The number of hydrogen-bond acceptors (Lipinski definition) is 1. The Kier molecular flexibility index (Phi) is 4.76. The Morgan fingerprint density at radius 2 is 2.50 bits per heavy atom. The molecule has 0 aliphatic rings. The molecular weight excluding hydrogens is 123 g/mol. The molecule has 0 heterocycles. The molecule has 0 aromatic rings. The van der Waals surface area contributed by atoms with E-state index in [1.165, 1.54) is 0 Å². The summed E-state index contributed by atoms with van der Waals surface area (Å²) < 4.78 is 11.4. The maximum absolute atomic E-state index is 11.4. The Morgan fingerprint density at radius 1 is 1.88 bits per heavy atom. The summed E-state index contributed by atoms with van der Waals surface area (Å²) in [5.74, 6) is 0.379. The maximum Gasteiger partial charge on any atom is 0.0495 e. The Morgan fingerprint density at radius 3 is 2.88 bits per heavy atom. The van der Waals surface area contributed by atoms with E-state index in [1.807, 2.05) is 13.0 Å². The molecular formula is C6H9FS. The first-order chi connectivity index (χ1) is 3.81. The van der Waals surface area contributed by atoms with Crippen molar-refractivity contribution in [3.63, 3.8) is 0 Å². The van der Waals surface area contributed by atoms with Crippen molar-refractivity contribution in [1.82, 2.24) is 0 Å². The van der Waals surface area contributed by atoms with Gasteiger partial charge in [0.05, 0.1) is 0 Å². The first kappa shape index (κ1) is 7.76. The molecule has 0 spiro atoms. The van der Waals surface area contributed by atoms with Crippen LogP contribution in [-0.2, 0) is 0 Å². The van der Waals surface area contributed by atoms with Gasteiger partial charge < -0.3 is 0 Å². The Bertz CT molecular complexity index is 96.7. The molecule has 46 valence electrons. The molecule has 0 rings (SSSR count). The quantitative estimate of drug-likeness (QED) is 0.532. The summed E-state index contributed by atoms with van der Waals surface area (Å²) in [5, 5.41) is 0. The summed E-state index contributed by atoms with van der Waals surface area (Å²) in [7, 11) is 0. The summed E-state index contributed by atoms with van der Waals surface area (Å²) in [4.78, 5) is 0. The lowest BCUT2D eigenvalue weighted by Gasteiger charge is -1.88. The highest BCUT2D eigenvalue weighted by molar-refractivity contribution is 7.94. The molecule has 0 unspecified atom stereocenters. The van der Waals surface area contributed by atoms with Gasteiger partial charge >= 0.3 is 0 Å². The van der Waals surface area contributed by atoms with Crippen LogP contribution in [0.4, 0.5) is 3.89 Å². The highest BCUT2D eigenvalue weighted by Crippen LogP contribution is 2.06. The molecule has 0 amide bonds. The van der Waals surface area contributed by atoms with Gasteiger partial charge in [0.25, 0.3) is 0 Å². The fraction of sp³-hybridized carbons (Fsp3) is 0.333. The standard InChI is InChI=1S/C6H9FS/c1-3-4-6(2)5-8-7/h3-4H,2,5H2,1H3/b4-3-. The van der Waals surface area contributed by atoms with Crippen LogP contribution in [0.25, 0.3) is 0 Å². The molecule has 0 aliphatic heterocycles. The van der Waals surface area contributed by atoms with Crippen LogP contribution in [0.15, 0.2) is 24.3 Å². The van der Waals surface area contributed by atoms with Crippen LogP contribution < -0.4 is 0 Å². The zero-order valence-corrected chi connectivity index (χ0v) is 5.67. The molecule has 0 saturated heterocycles.